The van der Waals surface area contributed by atoms with Crippen molar-refractivity contribution in [1.82, 2.24) is 16.0 Å². The summed E-state index contributed by atoms with van der Waals surface area (Å²) in [5.41, 5.74) is 0. The highest BCUT2D eigenvalue weighted by atomic mass is 15.3. The Bertz CT molecular complexity index is 48.9. The molecule has 0 amide bonds. The Kier molecular flexibility index (Phi) is 1.62. The monoisotopic (exact) mass is 100 g/mol. The van der Waals surface area contributed by atoms with Gasteiger partial charge in [0, 0.05) is 20.1 Å². The second-order valence-corrected chi connectivity index (χ2v) is 1.57. The van der Waals surface area contributed by atoms with E-state index in [2.05, 4.69) is 16.0 Å². The first-order valence-corrected chi connectivity index (χ1v) is 2.49. The largest absolute Gasteiger partial charge is 0.287 e. The van der Waals surface area contributed by atoms with Crippen LogP contribution < -0.4 is 16.0 Å². The molecule has 1 rings (SSSR count). The molecule has 0 aromatic rings. The molecule has 0 atom stereocenters. The van der Waals surface area contributed by atoms with E-state index in [0.717, 1.165) is 13.1 Å². The lowest BCUT2D eigenvalue weighted by Gasteiger charge is -2.03. The van der Waals surface area contributed by atoms with E-state index in [1.165, 1.54) is 0 Å². The summed E-state index contributed by atoms with van der Waals surface area (Å²) in [4.78, 5) is 0. The van der Waals surface area contributed by atoms with Crippen LogP contribution in [0.5, 0.6) is 0 Å². The van der Waals surface area contributed by atoms with E-state index >= 15 is 0 Å². The summed E-state index contributed by atoms with van der Waals surface area (Å²) in [6.07, 6.45) is 0.222. The van der Waals surface area contributed by atoms with E-state index in [4.69, 9.17) is 0 Å². The van der Waals surface area contributed by atoms with Crippen molar-refractivity contribution in [2.24, 2.45) is 0 Å². The first-order valence-electron chi connectivity index (χ1n) is 2.49. The fourth-order valence-corrected chi connectivity index (χ4v) is 0.673. The van der Waals surface area contributed by atoms with Crippen LogP contribution in [0.1, 0.15) is 0 Å². The number of nitrogens with zero attached hydrogens (tertiary/aromatic N) is 1. The smallest absolute Gasteiger partial charge is 0.127 e. The van der Waals surface area contributed by atoms with E-state index in [0.29, 0.717) is 0 Å². The third-order valence-corrected chi connectivity index (χ3v) is 1.06. The van der Waals surface area contributed by atoms with Crippen LogP contribution in [-0.2, 0) is 0 Å². The van der Waals surface area contributed by atoms with E-state index in [1.807, 2.05) is 0 Å². The second kappa shape index (κ2) is 2.26. The van der Waals surface area contributed by atoms with Gasteiger partial charge in [-0.3, -0.25) is 10.6 Å². The molecule has 1 heterocycles. The Morgan fingerprint density at radius 3 is 2.29 bits per heavy atom. The molecule has 3 nitrogen and oxygen atoms in total. The molecule has 0 saturated carbocycles. The molecule has 1 aliphatic rings. The zero-order valence-electron chi connectivity index (χ0n) is 4.44. The summed E-state index contributed by atoms with van der Waals surface area (Å²) >= 11 is 0. The summed E-state index contributed by atoms with van der Waals surface area (Å²) < 4.78 is 0. The van der Waals surface area contributed by atoms with Crippen molar-refractivity contribution in [1.29, 1.82) is 0 Å². The van der Waals surface area contributed by atoms with Gasteiger partial charge in [-0.2, -0.15) is 0 Å². The van der Waals surface area contributed by atoms with Crippen LogP contribution in [0.2, 0.25) is 0 Å². The first kappa shape index (κ1) is 5.03. The van der Waals surface area contributed by atoms with Gasteiger partial charge >= 0.3 is 0 Å². The molecular weight excluding hydrogens is 90.1 g/mol. The van der Waals surface area contributed by atoms with Crippen LogP contribution in [0.3, 0.4) is 0 Å². The summed E-state index contributed by atoms with van der Waals surface area (Å²) in [6.45, 7) is 2.09. The Morgan fingerprint density at radius 2 is 2.00 bits per heavy atom. The molecule has 1 aliphatic heterocycles. The topological polar surface area (TPSA) is 38.2 Å². The molecule has 41 valence electrons. The van der Waals surface area contributed by atoms with Crippen LogP contribution in [0.4, 0.5) is 0 Å². The van der Waals surface area contributed by atoms with Gasteiger partial charge in [0.2, 0.25) is 0 Å². The minimum Gasteiger partial charge on any atom is -0.287 e. The lowest BCUT2D eigenvalue weighted by Crippen LogP contribution is -2.38. The zero-order chi connectivity index (χ0) is 5.11. The Morgan fingerprint density at radius 1 is 1.43 bits per heavy atom. The molecular formula is C4H10N3. The molecule has 1 fully saturated rings. The first-order chi connectivity index (χ1) is 3.43. The minimum absolute atomic E-state index is 0.222. The number of nitrogens with one attached hydrogen (secondary N) is 2. The van der Waals surface area contributed by atoms with Gasteiger partial charge in [-0.1, -0.05) is 0 Å². The molecule has 2 N–H and O–H groups in total. The van der Waals surface area contributed by atoms with Crippen molar-refractivity contribution >= 4 is 0 Å². The summed E-state index contributed by atoms with van der Waals surface area (Å²) in [7, 11) is 1.80. The van der Waals surface area contributed by atoms with Gasteiger partial charge in [-0.25, -0.2) is 5.32 Å². The van der Waals surface area contributed by atoms with Gasteiger partial charge in [-0.15, -0.1) is 0 Å². The van der Waals surface area contributed by atoms with Crippen molar-refractivity contribution in [3.63, 3.8) is 0 Å². The fraction of sp³-hybridized carbons (Fsp3) is 1.00. The lowest BCUT2D eigenvalue weighted by atomic mass is 10.7. The van der Waals surface area contributed by atoms with Crippen molar-refractivity contribution < 1.29 is 0 Å². The number of hydrogen-bond donors (Lipinski definition) is 2. The maximum atomic E-state index is 3.97. The summed E-state index contributed by atoms with van der Waals surface area (Å²) in [5.74, 6) is 0. The highest BCUT2D eigenvalue weighted by Gasteiger charge is 2.08. The molecule has 0 aromatic carbocycles. The predicted octanol–water partition coefficient (Wildman–Crippen LogP) is -1.30. The third-order valence-electron chi connectivity index (χ3n) is 1.06. The molecule has 0 bridgehead atoms. The van der Waals surface area contributed by atoms with Gasteiger partial charge < -0.3 is 0 Å². The maximum Gasteiger partial charge on any atom is 0.127 e. The van der Waals surface area contributed by atoms with E-state index in [9.17, 15) is 0 Å². The van der Waals surface area contributed by atoms with Crippen molar-refractivity contribution in [3.8, 4) is 0 Å². The van der Waals surface area contributed by atoms with Crippen molar-refractivity contribution in [2.75, 3.05) is 20.1 Å². The third kappa shape index (κ3) is 1.12. The number of rotatable bonds is 1. The molecule has 0 spiro atoms. The fourth-order valence-electron chi connectivity index (χ4n) is 0.673. The Hall–Kier alpha value is -0.120. The second-order valence-electron chi connectivity index (χ2n) is 1.57. The maximum absolute atomic E-state index is 3.97. The standard InChI is InChI=1S/C4H10N3/c1-5-4-6-2-3-7-4/h4,6-7H,2-3H2,1H3. The number of hydrogen-bond acceptors (Lipinski definition) is 2. The van der Waals surface area contributed by atoms with Crippen molar-refractivity contribution in [2.45, 2.75) is 6.29 Å². The Balaban J connectivity index is 2.14. The molecule has 0 unspecified atom stereocenters. The van der Waals surface area contributed by atoms with Crippen LogP contribution in [0, 0.1) is 0 Å². The average molecular weight is 100 g/mol. The van der Waals surface area contributed by atoms with E-state index < -0.39 is 0 Å². The SMILES string of the molecule is C[N]C1NCCN1. The molecule has 1 saturated heterocycles. The molecule has 1 radical (unpaired) electrons. The lowest BCUT2D eigenvalue weighted by molar-refractivity contribution is 0.476. The quantitative estimate of drug-likeness (QED) is 0.429. The van der Waals surface area contributed by atoms with Gasteiger partial charge in [0.15, 0.2) is 0 Å². The van der Waals surface area contributed by atoms with Gasteiger partial charge in [0.1, 0.15) is 6.29 Å². The minimum atomic E-state index is 0.222. The predicted molar refractivity (Wildman–Crippen MR) is 27.9 cm³/mol. The normalized spacial score (nSPS) is 23.6. The van der Waals surface area contributed by atoms with E-state index in [1.54, 1.807) is 7.05 Å². The highest BCUT2D eigenvalue weighted by Crippen LogP contribution is 1.77. The molecule has 7 heavy (non-hydrogen) atoms. The van der Waals surface area contributed by atoms with Gasteiger partial charge in [-0.05, 0) is 0 Å². The molecule has 0 aliphatic carbocycles. The van der Waals surface area contributed by atoms with E-state index in [-0.39, 0.29) is 6.29 Å². The van der Waals surface area contributed by atoms with Gasteiger partial charge in [0.25, 0.3) is 0 Å². The van der Waals surface area contributed by atoms with Gasteiger partial charge in [0.05, 0.1) is 0 Å². The zero-order valence-corrected chi connectivity index (χ0v) is 4.44. The molecule has 3 heteroatoms. The summed E-state index contributed by atoms with van der Waals surface area (Å²) in [6, 6.07) is 0. The van der Waals surface area contributed by atoms with Crippen LogP contribution in [-0.4, -0.2) is 26.4 Å². The summed E-state index contributed by atoms with van der Waals surface area (Å²) in [5, 5.41) is 10.2. The van der Waals surface area contributed by atoms with Crippen LogP contribution in [0.15, 0.2) is 0 Å². The average Bonchev–Trinajstić information content (AvgIpc) is 2.14. The Labute approximate surface area is 43.5 Å². The molecule has 0 aromatic heterocycles. The van der Waals surface area contributed by atoms with Crippen LogP contribution >= 0.6 is 0 Å². The van der Waals surface area contributed by atoms with Crippen LogP contribution in [0.25, 0.3) is 0 Å². The van der Waals surface area contributed by atoms with Crippen molar-refractivity contribution in [3.05, 3.63) is 0 Å². The highest BCUT2D eigenvalue weighted by molar-refractivity contribution is 4.67.